The molecule has 20 heavy (non-hydrogen) atoms. The normalized spacial score (nSPS) is 20.6. The molecule has 1 heterocycles. The summed E-state index contributed by atoms with van der Waals surface area (Å²) in [5, 5.41) is 0. The highest BCUT2D eigenvalue weighted by Gasteiger charge is 2.43. The van der Waals surface area contributed by atoms with Crippen LogP contribution in [0.2, 0.25) is 0 Å². The Balaban J connectivity index is 2.02. The van der Waals surface area contributed by atoms with Gasteiger partial charge in [0.15, 0.2) is 0 Å². The number of ether oxygens (including phenoxy) is 1. The molecule has 2 rings (SSSR count). The second-order valence-corrected chi connectivity index (χ2v) is 6.07. The van der Waals surface area contributed by atoms with Gasteiger partial charge in [-0.1, -0.05) is 29.8 Å². The number of nitrogens with zero attached hydrogens (tertiary/aromatic N) is 1. The number of esters is 1. The zero-order chi connectivity index (χ0) is 14.9. The Bertz CT molecular complexity index is 519. The lowest BCUT2D eigenvalue weighted by Crippen LogP contribution is -2.41. The smallest absolute Gasteiger partial charge is 0.329 e. The molecule has 0 N–H and O–H groups in total. The summed E-state index contributed by atoms with van der Waals surface area (Å²) in [7, 11) is 1.67. The van der Waals surface area contributed by atoms with Crippen LogP contribution in [-0.4, -0.2) is 35.5 Å². The average Bonchev–Trinajstić information content (AvgIpc) is 2.64. The van der Waals surface area contributed by atoms with Gasteiger partial charge in [-0.2, -0.15) is 0 Å². The topological polar surface area (TPSA) is 46.6 Å². The lowest BCUT2D eigenvalue weighted by atomic mass is 10.0. The molecule has 1 aliphatic rings. The summed E-state index contributed by atoms with van der Waals surface area (Å²) in [6.45, 7) is 5.74. The van der Waals surface area contributed by atoms with Gasteiger partial charge in [0.1, 0.15) is 11.6 Å². The van der Waals surface area contributed by atoms with Gasteiger partial charge in [0.05, 0.1) is 6.42 Å². The van der Waals surface area contributed by atoms with Crippen molar-refractivity contribution in [2.75, 3.05) is 7.05 Å². The number of amides is 1. The highest BCUT2D eigenvalue weighted by atomic mass is 16.6. The molecule has 1 aliphatic heterocycles. The zero-order valence-electron chi connectivity index (χ0n) is 12.5. The first kappa shape index (κ1) is 14.6. The Morgan fingerprint density at radius 2 is 1.95 bits per heavy atom. The van der Waals surface area contributed by atoms with Crippen LogP contribution >= 0.6 is 0 Å². The van der Waals surface area contributed by atoms with Gasteiger partial charge in [0, 0.05) is 13.5 Å². The number of hydrogen-bond donors (Lipinski definition) is 0. The number of benzene rings is 1. The Morgan fingerprint density at radius 3 is 2.45 bits per heavy atom. The summed E-state index contributed by atoms with van der Waals surface area (Å²) >= 11 is 0. The van der Waals surface area contributed by atoms with E-state index in [-0.39, 0.29) is 11.9 Å². The van der Waals surface area contributed by atoms with Gasteiger partial charge in [-0.15, -0.1) is 0 Å². The van der Waals surface area contributed by atoms with Crippen LogP contribution in [0.5, 0.6) is 0 Å². The van der Waals surface area contributed by atoms with Crippen molar-refractivity contribution in [3.63, 3.8) is 0 Å². The molecule has 1 aromatic rings. The standard InChI is InChI=1S/C16H21NO3/c1-11-5-7-12(8-6-11)9-14(18)17(4)13-10-16(2,3)20-15(13)19/h5-8,13H,9-10H2,1-4H3. The van der Waals surface area contributed by atoms with Crippen LogP contribution in [0.15, 0.2) is 24.3 Å². The molecule has 0 bridgehead atoms. The number of rotatable bonds is 3. The average molecular weight is 275 g/mol. The van der Waals surface area contributed by atoms with Crippen molar-refractivity contribution in [1.82, 2.24) is 4.90 Å². The minimum atomic E-state index is -0.486. The molecular formula is C16H21NO3. The lowest BCUT2D eigenvalue weighted by Gasteiger charge is -2.22. The maximum Gasteiger partial charge on any atom is 0.329 e. The van der Waals surface area contributed by atoms with Crippen LogP contribution in [0.1, 0.15) is 31.4 Å². The van der Waals surface area contributed by atoms with Crippen LogP contribution < -0.4 is 0 Å². The maximum atomic E-state index is 12.3. The van der Waals surface area contributed by atoms with Gasteiger partial charge >= 0.3 is 5.97 Å². The summed E-state index contributed by atoms with van der Waals surface area (Å²) in [5.41, 5.74) is 1.63. The summed E-state index contributed by atoms with van der Waals surface area (Å²) in [6, 6.07) is 7.38. The van der Waals surface area contributed by atoms with E-state index >= 15 is 0 Å². The second-order valence-electron chi connectivity index (χ2n) is 6.07. The Hall–Kier alpha value is -1.84. The number of hydrogen-bond acceptors (Lipinski definition) is 3. The van der Waals surface area contributed by atoms with E-state index in [9.17, 15) is 9.59 Å². The summed E-state index contributed by atoms with van der Waals surface area (Å²) in [5.74, 6) is -0.372. The van der Waals surface area contributed by atoms with Crippen molar-refractivity contribution in [2.24, 2.45) is 0 Å². The van der Waals surface area contributed by atoms with Gasteiger partial charge < -0.3 is 9.64 Å². The first-order chi connectivity index (χ1) is 9.28. The highest BCUT2D eigenvalue weighted by molar-refractivity contribution is 5.86. The fourth-order valence-electron chi connectivity index (χ4n) is 2.41. The van der Waals surface area contributed by atoms with Gasteiger partial charge in [-0.25, -0.2) is 4.79 Å². The molecule has 4 heteroatoms. The van der Waals surface area contributed by atoms with E-state index in [0.29, 0.717) is 12.8 Å². The number of carbonyl (C=O) groups is 2. The van der Waals surface area contributed by atoms with E-state index in [2.05, 4.69) is 0 Å². The van der Waals surface area contributed by atoms with Gasteiger partial charge in [-0.05, 0) is 26.3 Å². The summed E-state index contributed by atoms with van der Waals surface area (Å²) in [6.07, 6.45) is 0.850. The Kier molecular flexibility index (Phi) is 3.84. The van der Waals surface area contributed by atoms with Crippen LogP contribution in [0.4, 0.5) is 0 Å². The van der Waals surface area contributed by atoms with E-state index in [1.165, 1.54) is 4.90 Å². The first-order valence-electron chi connectivity index (χ1n) is 6.82. The van der Waals surface area contributed by atoms with E-state index in [4.69, 9.17) is 4.74 Å². The lowest BCUT2D eigenvalue weighted by molar-refractivity contribution is -0.151. The SMILES string of the molecule is Cc1ccc(CC(=O)N(C)C2CC(C)(C)OC2=O)cc1. The van der Waals surface area contributed by atoms with Crippen molar-refractivity contribution in [1.29, 1.82) is 0 Å². The number of carbonyl (C=O) groups excluding carboxylic acids is 2. The first-order valence-corrected chi connectivity index (χ1v) is 6.82. The molecule has 0 aliphatic carbocycles. The Morgan fingerprint density at radius 1 is 1.35 bits per heavy atom. The largest absolute Gasteiger partial charge is 0.458 e. The van der Waals surface area contributed by atoms with Crippen LogP contribution in [0.25, 0.3) is 0 Å². The van der Waals surface area contributed by atoms with Crippen molar-refractivity contribution < 1.29 is 14.3 Å². The van der Waals surface area contributed by atoms with Gasteiger partial charge in [-0.3, -0.25) is 4.79 Å². The van der Waals surface area contributed by atoms with Crippen LogP contribution in [0.3, 0.4) is 0 Å². The predicted molar refractivity (Wildman–Crippen MR) is 76.2 cm³/mol. The van der Waals surface area contributed by atoms with Gasteiger partial charge in [0.2, 0.25) is 5.91 Å². The molecule has 0 spiro atoms. The number of likely N-dealkylation sites (N-methyl/N-ethyl adjacent to an activating group) is 1. The molecule has 108 valence electrons. The number of cyclic esters (lactones) is 1. The van der Waals surface area contributed by atoms with Gasteiger partial charge in [0.25, 0.3) is 0 Å². The van der Waals surface area contributed by atoms with E-state index in [0.717, 1.165) is 11.1 Å². The molecule has 0 saturated carbocycles. The van der Waals surface area contributed by atoms with E-state index in [1.807, 2.05) is 45.0 Å². The fourth-order valence-corrected chi connectivity index (χ4v) is 2.41. The molecule has 1 fully saturated rings. The minimum Gasteiger partial charge on any atom is -0.458 e. The number of aryl methyl sites for hydroxylation is 1. The summed E-state index contributed by atoms with van der Waals surface area (Å²) in [4.78, 5) is 25.6. The molecular weight excluding hydrogens is 254 g/mol. The predicted octanol–water partition coefficient (Wildman–Crippen LogP) is 2.09. The molecule has 1 atom stereocenters. The highest BCUT2D eigenvalue weighted by Crippen LogP contribution is 2.28. The molecule has 1 amide bonds. The van der Waals surface area contributed by atoms with Crippen LogP contribution in [-0.2, 0) is 20.7 Å². The van der Waals surface area contributed by atoms with Crippen molar-refractivity contribution in [3.8, 4) is 0 Å². The maximum absolute atomic E-state index is 12.3. The van der Waals surface area contributed by atoms with Crippen molar-refractivity contribution >= 4 is 11.9 Å². The third-order valence-corrected chi connectivity index (χ3v) is 3.67. The zero-order valence-corrected chi connectivity index (χ0v) is 12.5. The summed E-state index contributed by atoms with van der Waals surface area (Å²) < 4.78 is 5.27. The van der Waals surface area contributed by atoms with Crippen LogP contribution in [0, 0.1) is 6.92 Å². The molecule has 4 nitrogen and oxygen atoms in total. The molecule has 1 unspecified atom stereocenters. The van der Waals surface area contributed by atoms with E-state index in [1.54, 1.807) is 7.05 Å². The second kappa shape index (κ2) is 5.27. The minimum absolute atomic E-state index is 0.0616. The fraction of sp³-hybridized carbons (Fsp3) is 0.500. The quantitative estimate of drug-likeness (QED) is 0.794. The molecule has 1 saturated heterocycles. The van der Waals surface area contributed by atoms with Crippen molar-refractivity contribution in [2.45, 2.75) is 45.3 Å². The Labute approximate surface area is 119 Å². The molecule has 0 aromatic heterocycles. The van der Waals surface area contributed by atoms with E-state index < -0.39 is 11.6 Å². The monoisotopic (exact) mass is 275 g/mol. The van der Waals surface area contributed by atoms with Crippen molar-refractivity contribution in [3.05, 3.63) is 35.4 Å². The third-order valence-electron chi connectivity index (χ3n) is 3.67. The molecule has 0 radical (unpaired) electrons. The third kappa shape index (κ3) is 3.18. The molecule has 1 aromatic carbocycles.